The van der Waals surface area contributed by atoms with E-state index < -0.39 is 5.97 Å². The molecule has 0 saturated carbocycles. The molecule has 2 rings (SSSR count). The van der Waals surface area contributed by atoms with E-state index in [1.165, 1.54) is 5.56 Å². The van der Waals surface area contributed by atoms with Crippen molar-refractivity contribution < 1.29 is 14.6 Å². The number of rotatable bonds is 6. The van der Waals surface area contributed by atoms with Crippen molar-refractivity contribution in [3.63, 3.8) is 0 Å². The molecule has 5 nitrogen and oxygen atoms in total. The second kappa shape index (κ2) is 7.75. The minimum Gasteiger partial charge on any atom is -0.480 e. The number of halogens is 1. The van der Waals surface area contributed by atoms with Crippen molar-refractivity contribution in [2.75, 3.05) is 39.8 Å². The number of morpholine rings is 1. The fourth-order valence-corrected chi connectivity index (χ4v) is 2.65. The molecule has 1 unspecified atom stereocenters. The first-order valence-electron chi connectivity index (χ1n) is 7.01. The van der Waals surface area contributed by atoms with Gasteiger partial charge in [-0.25, -0.2) is 0 Å². The Labute approximate surface area is 130 Å². The highest BCUT2D eigenvalue weighted by Crippen LogP contribution is 2.14. The normalized spacial score (nSPS) is 19.9. The number of carboxylic acid groups (broad SMARTS) is 1. The Morgan fingerprint density at radius 1 is 1.48 bits per heavy atom. The molecule has 1 aliphatic rings. The van der Waals surface area contributed by atoms with Gasteiger partial charge >= 0.3 is 5.97 Å². The lowest BCUT2D eigenvalue weighted by atomic mass is 10.2. The first kappa shape index (κ1) is 16.2. The van der Waals surface area contributed by atoms with E-state index in [0.29, 0.717) is 13.2 Å². The molecule has 1 fully saturated rings. The molecule has 1 N–H and O–H groups in total. The van der Waals surface area contributed by atoms with Crippen LogP contribution in [0.5, 0.6) is 0 Å². The minimum absolute atomic E-state index is 0.0387. The van der Waals surface area contributed by atoms with Crippen molar-refractivity contribution in [3.8, 4) is 0 Å². The lowest BCUT2D eigenvalue weighted by Crippen LogP contribution is -2.47. The molecule has 116 valence electrons. The van der Waals surface area contributed by atoms with E-state index in [1.807, 2.05) is 24.3 Å². The molecule has 1 aromatic carbocycles. The minimum atomic E-state index is -0.814. The molecule has 1 atom stereocenters. The summed E-state index contributed by atoms with van der Waals surface area (Å²) >= 11 is 5.89. The Hall–Kier alpha value is -1.14. The van der Waals surface area contributed by atoms with E-state index in [-0.39, 0.29) is 12.6 Å². The van der Waals surface area contributed by atoms with Crippen molar-refractivity contribution in [2.45, 2.75) is 12.6 Å². The third kappa shape index (κ3) is 5.63. The van der Waals surface area contributed by atoms with Crippen molar-refractivity contribution in [1.29, 1.82) is 0 Å². The zero-order chi connectivity index (χ0) is 15.2. The highest BCUT2D eigenvalue weighted by Gasteiger charge is 2.22. The van der Waals surface area contributed by atoms with Crippen LogP contribution < -0.4 is 0 Å². The van der Waals surface area contributed by atoms with Crippen LogP contribution in [0.1, 0.15) is 5.56 Å². The fourth-order valence-electron chi connectivity index (χ4n) is 2.53. The van der Waals surface area contributed by atoms with Crippen LogP contribution in [-0.4, -0.2) is 66.8 Å². The topological polar surface area (TPSA) is 53.0 Å². The van der Waals surface area contributed by atoms with Gasteiger partial charge in [-0.2, -0.15) is 0 Å². The quantitative estimate of drug-likeness (QED) is 0.864. The fraction of sp³-hybridized carbons (Fsp3) is 0.533. The summed E-state index contributed by atoms with van der Waals surface area (Å²) in [6, 6.07) is 7.86. The average molecular weight is 313 g/mol. The van der Waals surface area contributed by atoms with E-state index in [0.717, 1.165) is 24.7 Å². The second-order valence-electron chi connectivity index (χ2n) is 5.44. The maximum absolute atomic E-state index is 10.7. The Kier molecular flexibility index (Phi) is 5.99. The molecule has 0 radical (unpaired) electrons. The molecule has 0 spiro atoms. The first-order valence-corrected chi connectivity index (χ1v) is 7.39. The molecule has 0 amide bonds. The number of benzene rings is 1. The molecule has 0 aliphatic carbocycles. The van der Waals surface area contributed by atoms with Gasteiger partial charge in [0.25, 0.3) is 0 Å². The highest BCUT2D eigenvalue weighted by atomic mass is 35.5. The number of hydrogen-bond donors (Lipinski definition) is 1. The SMILES string of the molecule is CN(CC(=O)O)CC1CN(Cc2ccc(Cl)cc2)CCO1. The van der Waals surface area contributed by atoms with Gasteiger partial charge in [0.2, 0.25) is 0 Å². The van der Waals surface area contributed by atoms with Gasteiger partial charge in [0.05, 0.1) is 19.3 Å². The molecular weight excluding hydrogens is 292 g/mol. The maximum atomic E-state index is 10.7. The summed E-state index contributed by atoms with van der Waals surface area (Å²) in [5.74, 6) is -0.814. The van der Waals surface area contributed by atoms with Gasteiger partial charge in [-0.1, -0.05) is 23.7 Å². The summed E-state index contributed by atoms with van der Waals surface area (Å²) in [5, 5.41) is 9.52. The number of nitrogens with zero attached hydrogens (tertiary/aromatic N) is 2. The summed E-state index contributed by atoms with van der Waals surface area (Å²) in [4.78, 5) is 14.8. The van der Waals surface area contributed by atoms with Crippen LogP contribution in [-0.2, 0) is 16.1 Å². The van der Waals surface area contributed by atoms with E-state index in [1.54, 1.807) is 11.9 Å². The predicted octanol–water partition coefficient (Wildman–Crippen LogP) is 1.56. The zero-order valence-corrected chi connectivity index (χ0v) is 12.9. The molecule has 1 saturated heterocycles. The van der Waals surface area contributed by atoms with Crippen LogP contribution in [0.2, 0.25) is 5.02 Å². The van der Waals surface area contributed by atoms with Gasteiger partial charge in [0, 0.05) is 31.2 Å². The summed E-state index contributed by atoms with van der Waals surface area (Å²) in [7, 11) is 1.80. The number of ether oxygens (including phenoxy) is 1. The van der Waals surface area contributed by atoms with Gasteiger partial charge in [-0.05, 0) is 24.7 Å². The van der Waals surface area contributed by atoms with Crippen LogP contribution in [0, 0.1) is 0 Å². The van der Waals surface area contributed by atoms with Gasteiger partial charge in [0.1, 0.15) is 0 Å². The third-order valence-corrected chi connectivity index (χ3v) is 3.71. The molecule has 0 bridgehead atoms. The Morgan fingerprint density at radius 3 is 2.86 bits per heavy atom. The number of carboxylic acids is 1. The molecule has 21 heavy (non-hydrogen) atoms. The summed E-state index contributed by atoms with van der Waals surface area (Å²) in [6.07, 6.45) is 0.0513. The van der Waals surface area contributed by atoms with Crippen molar-refractivity contribution in [2.24, 2.45) is 0 Å². The smallest absolute Gasteiger partial charge is 0.317 e. The van der Waals surface area contributed by atoms with Crippen molar-refractivity contribution >= 4 is 17.6 Å². The van der Waals surface area contributed by atoms with Gasteiger partial charge in [0.15, 0.2) is 0 Å². The van der Waals surface area contributed by atoms with Crippen molar-refractivity contribution in [1.82, 2.24) is 9.80 Å². The number of carbonyl (C=O) groups is 1. The monoisotopic (exact) mass is 312 g/mol. The summed E-state index contributed by atoms with van der Waals surface area (Å²) in [5.41, 5.74) is 1.22. The highest BCUT2D eigenvalue weighted by molar-refractivity contribution is 6.30. The lowest BCUT2D eigenvalue weighted by Gasteiger charge is -2.34. The van der Waals surface area contributed by atoms with E-state index >= 15 is 0 Å². The maximum Gasteiger partial charge on any atom is 0.317 e. The molecule has 1 aromatic rings. The van der Waals surface area contributed by atoms with Crippen LogP contribution in [0.4, 0.5) is 0 Å². The van der Waals surface area contributed by atoms with E-state index in [2.05, 4.69) is 4.90 Å². The number of hydrogen-bond acceptors (Lipinski definition) is 4. The molecule has 1 heterocycles. The zero-order valence-electron chi connectivity index (χ0n) is 12.2. The van der Waals surface area contributed by atoms with Gasteiger partial charge in [-0.15, -0.1) is 0 Å². The Balaban J connectivity index is 1.82. The summed E-state index contributed by atoms with van der Waals surface area (Å²) < 4.78 is 5.72. The molecule has 0 aromatic heterocycles. The Morgan fingerprint density at radius 2 is 2.19 bits per heavy atom. The van der Waals surface area contributed by atoms with Crippen LogP contribution in [0.15, 0.2) is 24.3 Å². The lowest BCUT2D eigenvalue weighted by molar-refractivity contribution is -0.138. The van der Waals surface area contributed by atoms with Gasteiger partial charge < -0.3 is 9.84 Å². The average Bonchev–Trinajstić information content (AvgIpc) is 2.41. The number of aliphatic carboxylic acids is 1. The van der Waals surface area contributed by atoms with Gasteiger partial charge in [-0.3, -0.25) is 14.6 Å². The summed E-state index contributed by atoms with van der Waals surface area (Å²) in [6.45, 7) is 3.91. The van der Waals surface area contributed by atoms with E-state index in [4.69, 9.17) is 21.4 Å². The van der Waals surface area contributed by atoms with Crippen LogP contribution in [0.25, 0.3) is 0 Å². The third-order valence-electron chi connectivity index (χ3n) is 3.46. The standard InChI is InChI=1S/C15H21ClN2O3/c1-17(11-15(19)20)9-14-10-18(6-7-21-14)8-12-2-4-13(16)5-3-12/h2-5,14H,6-11H2,1H3,(H,19,20). The van der Waals surface area contributed by atoms with Crippen LogP contribution >= 0.6 is 11.6 Å². The predicted molar refractivity (Wildman–Crippen MR) is 81.6 cm³/mol. The first-order chi connectivity index (χ1) is 10.0. The molecule has 6 heteroatoms. The molecule has 1 aliphatic heterocycles. The second-order valence-corrected chi connectivity index (χ2v) is 5.88. The van der Waals surface area contributed by atoms with Crippen molar-refractivity contribution in [3.05, 3.63) is 34.9 Å². The van der Waals surface area contributed by atoms with Crippen LogP contribution in [0.3, 0.4) is 0 Å². The largest absolute Gasteiger partial charge is 0.480 e. The molecular formula is C15H21ClN2O3. The van der Waals surface area contributed by atoms with E-state index in [9.17, 15) is 4.79 Å². The Bertz CT molecular complexity index is 466. The number of likely N-dealkylation sites (N-methyl/N-ethyl adjacent to an activating group) is 1.